The smallest absolute Gasteiger partial charge is 0.0151 e. The molecule has 0 spiro atoms. The number of hydrogen-bond donors (Lipinski definition) is 0. The minimum Gasteiger partial charge on any atom is -0.0890 e. The summed E-state index contributed by atoms with van der Waals surface area (Å²) in [7, 11) is 0. The molecule has 0 N–H and O–H groups in total. The van der Waals surface area contributed by atoms with Crippen molar-refractivity contribution >= 4 is 15.9 Å². The Labute approximate surface area is 119 Å². The van der Waals surface area contributed by atoms with E-state index in [4.69, 9.17) is 0 Å². The van der Waals surface area contributed by atoms with Gasteiger partial charge < -0.3 is 0 Å². The first-order chi connectivity index (χ1) is 8.66. The molecule has 0 amide bonds. The van der Waals surface area contributed by atoms with Gasteiger partial charge in [-0.1, -0.05) is 47.1 Å². The van der Waals surface area contributed by atoms with Gasteiger partial charge in [0.15, 0.2) is 0 Å². The fraction of sp³-hybridized carbons (Fsp3) is 0.647. The molecule has 1 aromatic carbocycles. The third-order valence-electron chi connectivity index (χ3n) is 5.01. The number of alkyl halides is 1. The lowest BCUT2D eigenvalue weighted by Gasteiger charge is -2.33. The number of hydrogen-bond acceptors (Lipinski definition) is 0. The van der Waals surface area contributed by atoms with Gasteiger partial charge in [0.25, 0.3) is 0 Å². The summed E-state index contributed by atoms with van der Waals surface area (Å²) in [5.74, 6) is 0.817. The molecule has 1 aromatic rings. The second-order valence-electron chi connectivity index (χ2n) is 6.64. The van der Waals surface area contributed by atoms with Crippen LogP contribution in [-0.2, 0) is 6.42 Å². The summed E-state index contributed by atoms with van der Waals surface area (Å²) < 4.78 is 0. The highest BCUT2D eigenvalue weighted by molar-refractivity contribution is 9.09. The SMILES string of the molecule is CC1(CC2CCCc3ccccc32)CCC(Br)C1. The lowest BCUT2D eigenvalue weighted by molar-refractivity contribution is 0.269. The largest absolute Gasteiger partial charge is 0.0890 e. The Morgan fingerprint density at radius 3 is 2.89 bits per heavy atom. The topological polar surface area (TPSA) is 0 Å². The molecule has 3 rings (SSSR count). The predicted octanol–water partition coefficient (Wildman–Crippen LogP) is 5.45. The van der Waals surface area contributed by atoms with E-state index in [2.05, 4.69) is 47.1 Å². The van der Waals surface area contributed by atoms with E-state index in [1.165, 1.54) is 44.9 Å². The van der Waals surface area contributed by atoms with Crippen LogP contribution < -0.4 is 0 Å². The highest BCUT2D eigenvalue weighted by Gasteiger charge is 2.36. The van der Waals surface area contributed by atoms with Crippen molar-refractivity contribution in [3.8, 4) is 0 Å². The van der Waals surface area contributed by atoms with Gasteiger partial charge in [0.05, 0.1) is 0 Å². The Kier molecular flexibility index (Phi) is 3.53. The molecule has 3 atom stereocenters. The Balaban J connectivity index is 1.78. The minimum atomic E-state index is 0.573. The monoisotopic (exact) mass is 306 g/mol. The molecule has 18 heavy (non-hydrogen) atoms. The molecule has 1 heteroatoms. The summed E-state index contributed by atoms with van der Waals surface area (Å²) in [6, 6.07) is 9.14. The number of rotatable bonds is 2. The molecule has 2 aliphatic rings. The molecule has 3 unspecified atom stereocenters. The highest BCUT2D eigenvalue weighted by atomic mass is 79.9. The maximum atomic E-state index is 3.81. The molecule has 98 valence electrons. The zero-order valence-electron chi connectivity index (χ0n) is 11.3. The zero-order valence-corrected chi connectivity index (χ0v) is 12.9. The first-order valence-corrected chi connectivity index (χ1v) is 8.30. The molecule has 1 saturated carbocycles. The molecule has 0 saturated heterocycles. The van der Waals surface area contributed by atoms with Gasteiger partial charge in [-0.05, 0) is 67.4 Å². The van der Waals surface area contributed by atoms with Crippen LogP contribution in [-0.4, -0.2) is 4.83 Å². The third kappa shape index (κ3) is 2.52. The van der Waals surface area contributed by atoms with Crippen LogP contribution in [0.1, 0.15) is 62.5 Å². The molecule has 1 fully saturated rings. The fourth-order valence-corrected chi connectivity index (χ4v) is 5.10. The average Bonchev–Trinajstić information content (AvgIpc) is 2.70. The minimum absolute atomic E-state index is 0.573. The maximum absolute atomic E-state index is 3.81. The quantitative estimate of drug-likeness (QED) is 0.637. The summed E-state index contributed by atoms with van der Waals surface area (Å²) in [5.41, 5.74) is 3.84. The highest BCUT2D eigenvalue weighted by Crippen LogP contribution is 2.49. The number of fused-ring (bicyclic) bond motifs is 1. The van der Waals surface area contributed by atoms with Gasteiger partial charge in [-0.2, -0.15) is 0 Å². The first-order valence-electron chi connectivity index (χ1n) is 7.38. The van der Waals surface area contributed by atoms with E-state index in [9.17, 15) is 0 Å². The van der Waals surface area contributed by atoms with Crippen molar-refractivity contribution in [3.05, 3.63) is 35.4 Å². The van der Waals surface area contributed by atoms with Crippen LogP contribution in [0.25, 0.3) is 0 Å². The fourth-order valence-electron chi connectivity index (χ4n) is 4.09. The number of benzene rings is 1. The van der Waals surface area contributed by atoms with Crippen molar-refractivity contribution in [2.45, 2.75) is 62.6 Å². The van der Waals surface area contributed by atoms with Crippen molar-refractivity contribution in [2.24, 2.45) is 5.41 Å². The van der Waals surface area contributed by atoms with Crippen molar-refractivity contribution in [1.29, 1.82) is 0 Å². The van der Waals surface area contributed by atoms with E-state index in [0.717, 1.165) is 10.7 Å². The number of halogens is 1. The molecule has 0 aliphatic heterocycles. The van der Waals surface area contributed by atoms with Crippen LogP contribution in [0.4, 0.5) is 0 Å². The van der Waals surface area contributed by atoms with Crippen LogP contribution in [0.2, 0.25) is 0 Å². The van der Waals surface area contributed by atoms with Gasteiger partial charge in [-0.3, -0.25) is 0 Å². The molecule has 0 radical (unpaired) electrons. The van der Waals surface area contributed by atoms with Gasteiger partial charge in [-0.15, -0.1) is 0 Å². The van der Waals surface area contributed by atoms with Gasteiger partial charge in [0.1, 0.15) is 0 Å². The second-order valence-corrected chi connectivity index (χ2v) is 7.94. The molecule has 2 aliphatic carbocycles. The Morgan fingerprint density at radius 2 is 2.11 bits per heavy atom. The standard InChI is InChI=1S/C17H23Br/c1-17(10-9-15(18)12-17)11-14-7-4-6-13-5-2-3-8-16(13)14/h2-3,5,8,14-15H,4,6-7,9-12H2,1H3. The van der Waals surface area contributed by atoms with E-state index < -0.39 is 0 Å². The van der Waals surface area contributed by atoms with E-state index in [1.807, 2.05) is 0 Å². The number of aryl methyl sites for hydroxylation is 1. The predicted molar refractivity (Wildman–Crippen MR) is 81.4 cm³/mol. The van der Waals surface area contributed by atoms with Crippen LogP contribution in [0.3, 0.4) is 0 Å². The lowest BCUT2D eigenvalue weighted by Crippen LogP contribution is -2.20. The molecule has 0 bridgehead atoms. The van der Waals surface area contributed by atoms with E-state index in [0.29, 0.717) is 5.41 Å². The molecule has 0 nitrogen and oxygen atoms in total. The van der Waals surface area contributed by atoms with Crippen LogP contribution in [0.15, 0.2) is 24.3 Å². The second kappa shape index (κ2) is 5.00. The first kappa shape index (κ1) is 12.7. The summed E-state index contributed by atoms with van der Waals surface area (Å²) in [6.07, 6.45) is 9.61. The molecular formula is C17H23Br. The van der Waals surface area contributed by atoms with Crippen molar-refractivity contribution in [2.75, 3.05) is 0 Å². The van der Waals surface area contributed by atoms with Crippen LogP contribution >= 0.6 is 15.9 Å². The Bertz CT molecular complexity index is 425. The molecular weight excluding hydrogens is 284 g/mol. The summed E-state index contributed by atoms with van der Waals surface area (Å²) >= 11 is 3.81. The van der Waals surface area contributed by atoms with Crippen molar-refractivity contribution in [3.63, 3.8) is 0 Å². The van der Waals surface area contributed by atoms with Gasteiger partial charge in [-0.25, -0.2) is 0 Å². The third-order valence-corrected chi connectivity index (χ3v) is 5.79. The summed E-state index contributed by atoms with van der Waals surface area (Å²) in [4.78, 5) is 0.765. The van der Waals surface area contributed by atoms with Crippen LogP contribution in [0, 0.1) is 5.41 Å². The zero-order chi connectivity index (χ0) is 12.6. The summed E-state index contributed by atoms with van der Waals surface area (Å²) in [6.45, 7) is 2.51. The van der Waals surface area contributed by atoms with Gasteiger partial charge in [0.2, 0.25) is 0 Å². The molecule has 0 aromatic heterocycles. The normalized spacial score (nSPS) is 35.4. The van der Waals surface area contributed by atoms with Crippen molar-refractivity contribution in [1.82, 2.24) is 0 Å². The van der Waals surface area contributed by atoms with Crippen LogP contribution in [0.5, 0.6) is 0 Å². The van der Waals surface area contributed by atoms with E-state index in [-0.39, 0.29) is 0 Å². The van der Waals surface area contributed by atoms with Crippen molar-refractivity contribution < 1.29 is 0 Å². The Morgan fingerprint density at radius 1 is 1.28 bits per heavy atom. The Hall–Kier alpha value is -0.300. The van der Waals surface area contributed by atoms with Gasteiger partial charge in [0, 0.05) is 4.83 Å². The summed E-state index contributed by atoms with van der Waals surface area (Å²) in [5, 5.41) is 0. The lowest BCUT2D eigenvalue weighted by atomic mass is 9.72. The maximum Gasteiger partial charge on any atom is 0.0151 e. The van der Waals surface area contributed by atoms with E-state index >= 15 is 0 Å². The average molecular weight is 307 g/mol. The van der Waals surface area contributed by atoms with E-state index in [1.54, 1.807) is 11.1 Å². The van der Waals surface area contributed by atoms with Gasteiger partial charge >= 0.3 is 0 Å². The molecule has 0 heterocycles.